The zero-order chi connectivity index (χ0) is 24.5. The maximum atomic E-state index is 9.55. The molecule has 0 unspecified atom stereocenters. The summed E-state index contributed by atoms with van der Waals surface area (Å²) in [4.78, 5) is 26.6. The fourth-order valence-corrected chi connectivity index (χ4v) is 4.95. The van der Waals surface area contributed by atoms with Gasteiger partial charge in [0.25, 0.3) is 0 Å². The number of nitrogens with zero attached hydrogens (tertiary/aromatic N) is 2. The van der Waals surface area contributed by atoms with Crippen molar-refractivity contribution in [3.05, 3.63) is 70.8 Å². The molecule has 0 bridgehead atoms. The van der Waals surface area contributed by atoms with Crippen LogP contribution in [0.2, 0.25) is 5.02 Å². The topological polar surface area (TPSA) is 101 Å². The normalized spacial score (nSPS) is 15.5. The third-order valence-electron chi connectivity index (χ3n) is 5.36. The molecule has 4 rings (SSSR count). The molecule has 34 heavy (non-hydrogen) atoms. The SMILES string of the molecule is O=C(O)/C=C\C(=O)O.OCCCN1CCN(C2=Cc3ccccc3Sc3ccc(Cl)cc32)CC1. The maximum absolute atomic E-state index is 9.55. The number of halogens is 1. The molecule has 0 amide bonds. The van der Waals surface area contributed by atoms with Crippen molar-refractivity contribution in [1.82, 2.24) is 9.80 Å². The molecule has 180 valence electrons. The Kier molecular flexibility index (Phi) is 9.59. The van der Waals surface area contributed by atoms with Gasteiger partial charge in [0.2, 0.25) is 0 Å². The van der Waals surface area contributed by atoms with Gasteiger partial charge in [-0.15, -0.1) is 0 Å². The Morgan fingerprint density at radius 2 is 1.65 bits per heavy atom. The van der Waals surface area contributed by atoms with E-state index in [1.807, 2.05) is 17.8 Å². The van der Waals surface area contributed by atoms with Crippen molar-refractivity contribution in [3.63, 3.8) is 0 Å². The number of hydrogen-bond acceptors (Lipinski definition) is 6. The zero-order valence-electron chi connectivity index (χ0n) is 18.6. The van der Waals surface area contributed by atoms with Crippen molar-refractivity contribution in [3.8, 4) is 0 Å². The fourth-order valence-electron chi connectivity index (χ4n) is 3.74. The van der Waals surface area contributed by atoms with Crippen molar-refractivity contribution < 1.29 is 24.9 Å². The lowest BCUT2D eigenvalue weighted by molar-refractivity contribution is -0.134. The molecule has 2 heterocycles. The van der Waals surface area contributed by atoms with E-state index in [0.717, 1.165) is 44.2 Å². The van der Waals surface area contributed by atoms with Gasteiger partial charge in [-0.1, -0.05) is 41.6 Å². The summed E-state index contributed by atoms with van der Waals surface area (Å²) in [6.45, 7) is 5.30. The van der Waals surface area contributed by atoms with Crippen LogP contribution >= 0.6 is 23.4 Å². The minimum Gasteiger partial charge on any atom is -0.478 e. The van der Waals surface area contributed by atoms with Gasteiger partial charge >= 0.3 is 11.9 Å². The van der Waals surface area contributed by atoms with E-state index in [2.05, 4.69) is 52.3 Å². The van der Waals surface area contributed by atoms with E-state index >= 15 is 0 Å². The molecule has 7 nitrogen and oxygen atoms in total. The van der Waals surface area contributed by atoms with E-state index in [1.165, 1.54) is 26.6 Å². The predicted octanol–water partition coefficient (Wildman–Crippen LogP) is 4.01. The Bertz CT molecular complexity index is 1060. The molecule has 2 aliphatic rings. The van der Waals surface area contributed by atoms with Crippen LogP contribution in [0.1, 0.15) is 17.5 Å². The van der Waals surface area contributed by atoms with Gasteiger partial charge < -0.3 is 20.2 Å². The minimum absolute atomic E-state index is 0.269. The maximum Gasteiger partial charge on any atom is 0.328 e. The lowest BCUT2D eigenvalue weighted by atomic mass is 10.1. The van der Waals surface area contributed by atoms with Crippen molar-refractivity contribution in [1.29, 1.82) is 0 Å². The summed E-state index contributed by atoms with van der Waals surface area (Å²) in [5.74, 6) is -2.51. The molecular formula is C25H27ClN2O5S. The molecule has 0 radical (unpaired) electrons. The number of carbonyl (C=O) groups is 2. The number of aliphatic hydroxyl groups is 1. The molecular weight excluding hydrogens is 476 g/mol. The molecule has 2 aromatic rings. The second kappa shape index (κ2) is 12.6. The number of fused-ring (bicyclic) bond motifs is 2. The largest absolute Gasteiger partial charge is 0.478 e. The average Bonchev–Trinajstić information content (AvgIpc) is 2.99. The number of carboxylic acids is 2. The molecule has 2 aliphatic heterocycles. The number of piperazine rings is 1. The highest BCUT2D eigenvalue weighted by atomic mass is 35.5. The highest BCUT2D eigenvalue weighted by Gasteiger charge is 2.24. The van der Waals surface area contributed by atoms with E-state index in [9.17, 15) is 9.59 Å². The second-order valence-electron chi connectivity index (χ2n) is 7.73. The lowest BCUT2D eigenvalue weighted by Crippen LogP contribution is -2.45. The monoisotopic (exact) mass is 502 g/mol. The van der Waals surface area contributed by atoms with Crippen LogP contribution in [0.15, 0.2) is 64.4 Å². The van der Waals surface area contributed by atoms with Gasteiger partial charge in [0, 0.05) is 77.6 Å². The molecule has 0 aromatic heterocycles. The summed E-state index contributed by atoms with van der Waals surface area (Å²) in [7, 11) is 0. The fraction of sp³-hybridized carbons (Fsp3) is 0.280. The van der Waals surface area contributed by atoms with Crippen molar-refractivity contribution in [2.24, 2.45) is 0 Å². The molecule has 0 spiro atoms. The van der Waals surface area contributed by atoms with Crippen LogP contribution in [0.3, 0.4) is 0 Å². The van der Waals surface area contributed by atoms with Gasteiger partial charge in [-0.05, 0) is 42.3 Å². The van der Waals surface area contributed by atoms with Crippen LogP contribution in [0.4, 0.5) is 0 Å². The molecule has 0 saturated carbocycles. The summed E-state index contributed by atoms with van der Waals surface area (Å²) in [5.41, 5.74) is 3.76. The van der Waals surface area contributed by atoms with Gasteiger partial charge in [-0.2, -0.15) is 0 Å². The number of rotatable bonds is 6. The van der Waals surface area contributed by atoms with Crippen molar-refractivity contribution in [2.45, 2.75) is 16.2 Å². The van der Waals surface area contributed by atoms with Crippen molar-refractivity contribution >= 4 is 47.1 Å². The summed E-state index contributed by atoms with van der Waals surface area (Å²) in [5, 5.41) is 25.5. The molecule has 9 heteroatoms. The third kappa shape index (κ3) is 7.36. The molecule has 2 aromatic carbocycles. The highest BCUT2D eigenvalue weighted by Crippen LogP contribution is 2.42. The first kappa shape index (κ1) is 25.8. The highest BCUT2D eigenvalue weighted by molar-refractivity contribution is 7.99. The van der Waals surface area contributed by atoms with Gasteiger partial charge in [0.15, 0.2) is 0 Å². The van der Waals surface area contributed by atoms with E-state index in [0.29, 0.717) is 12.2 Å². The van der Waals surface area contributed by atoms with Crippen LogP contribution in [0.25, 0.3) is 11.8 Å². The lowest BCUT2D eigenvalue weighted by Gasteiger charge is -2.37. The van der Waals surface area contributed by atoms with Crippen LogP contribution in [-0.2, 0) is 9.59 Å². The van der Waals surface area contributed by atoms with Gasteiger partial charge in [-0.3, -0.25) is 4.90 Å². The van der Waals surface area contributed by atoms with Crippen molar-refractivity contribution in [2.75, 3.05) is 39.3 Å². The van der Waals surface area contributed by atoms with E-state index in [-0.39, 0.29) is 6.61 Å². The Morgan fingerprint density at radius 1 is 0.971 bits per heavy atom. The van der Waals surface area contributed by atoms with Gasteiger partial charge in [0.1, 0.15) is 0 Å². The number of benzene rings is 2. The second-order valence-corrected chi connectivity index (χ2v) is 9.25. The third-order valence-corrected chi connectivity index (χ3v) is 6.77. The average molecular weight is 503 g/mol. The Morgan fingerprint density at radius 3 is 2.29 bits per heavy atom. The Balaban J connectivity index is 0.000000350. The molecule has 1 saturated heterocycles. The standard InChI is InChI=1S/C21H23ClN2OS.C4H4O4/c22-17-6-7-21-18(15-17)19(14-16-4-1-2-5-20(16)26-21)24-11-9-23(10-12-24)8-3-13-25;5-3(6)1-2-4(7)8/h1-2,4-7,14-15,25H,3,8-13H2;1-2H,(H,5,6)(H,7,8)/b;2-1-. The first-order valence-electron chi connectivity index (χ1n) is 10.9. The van der Waals surface area contributed by atoms with E-state index in [4.69, 9.17) is 26.9 Å². The number of aliphatic carboxylic acids is 2. The predicted molar refractivity (Wildman–Crippen MR) is 134 cm³/mol. The minimum atomic E-state index is -1.26. The number of hydrogen-bond donors (Lipinski definition) is 3. The van der Waals surface area contributed by atoms with Crippen LogP contribution in [0, 0.1) is 0 Å². The zero-order valence-corrected chi connectivity index (χ0v) is 20.1. The van der Waals surface area contributed by atoms with E-state index < -0.39 is 11.9 Å². The van der Waals surface area contributed by atoms with Crippen LogP contribution in [0.5, 0.6) is 0 Å². The summed E-state index contributed by atoms with van der Waals surface area (Å²) >= 11 is 8.15. The van der Waals surface area contributed by atoms with Gasteiger partial charge in [0.05, 0.1) is 0 Å². The molecule has 3 N–H and O–H groups in total. The smallest absolute Gasteiger partial charge is 0.328 e. The summed E-state index contributed by atoms with van der Waals surface area (Å²) in [6, 6.07) is 14.8. The Labute approximate surface area is 207 Å². The Hall–Kier alpha value is -2.78. The first-order valence-corrected chi connectivity index (χ1v) is 12.1. The van der Waals surface area contributed by atoms with Gasteiger partial charge in [-0.25, -0.2) is 9.59 Å². The van der Waals surface area contributed by atoms with Crippen LogP contribution in [-0.4, -0.2) is 76.4 Å². The first-order chi connectivity index (χ1) is 16.4. The summed E-state index contributed by atoms with van der Waals surface area (Å²) in [6.07, 6.45) is 4.28. The molecule has 1 fully saturated rings. The quantitative estimate of drug-likeness (QED) is 0.509. The molecule has 0 aliphatic carbocycles. The van der Waals surface area contributed by atoms with E-state index in [1.54, 1.807) is 0 Å². The number of carboxylic acid groups (broad SMARTS) is 2. The van der Waals surface area contributed by atoms with Crippen LogP contribution < -0.4 is 0 Å². The molecule has 0 atom stereocenters. The number of aliphatic hydroxyl groups excluding tert-OH is 1. The summed E-state index contributed by atoms with van der Waals surface area (Å²) < 4.78 is 0.